The molecule has 0 N–H and O–H groups in total. The quantitative estimate of drug-likeness (QED) is 0.467. The Morgan fingerprint density at radius 2 is 1.57 bits per heavy atom. The molecule has 0 radical (unpaired) electrons. The average molecular weight is 541 g/mol. The summed E-state index contributed by atoms with van der Waals surface area (Å²) in [4.78, 5) is 0. The Balaban J connectivity index is 0.000000185. The number of aryl methyl sites for hydroxylation is 1. The molecule has 0 spiro atoms. The van der Waals surface area contributed by atoms with Crippen LogP contribution in [0.4, 0.5) is 0 Å². The summed E-state index contributed by atoms with van der Waals surface area (Å²) in [6.45, 7) is 1.22. The van der Waals surface area contributed by atoms with Gasteiger partial charge in [-0.3, -0.25) is 0 Å². The first-order valence-corrected chi connectivity index (χ1v) is 10.7. The van der Waals surface area contributed by atoms with Gasteiger partial charge in [-0.2, -0.15) is 0 Å². The van der Waals surface area contributed by atoms with E-state index in [1.807, 2.05) is 0 Å². The van der Waals surface area contributed by atoms with Gasteiger partial charge in [0.25, 0.3) is 0 Å². The van der Waals surface area contributed by atoms with Crippen LogP contribution in [0.1, 0.15) is 64.2 Å². The van der Waals surface area contributed by atoms with Crippen molar-refractivity contribution in [2.24, 2.45) is 13.0 Å². The zero-order valence-corrected chi connectivity index (χ0v) is 17.8. The normalized spacial score (nSPS) is 20.4. The van der Waals surface area contributed by atoms with Crippen molar-refractivity contribution in [2.75, 3.05) is 0 Å². The number of aromatic nitrogens is 2. The van der Waals surface area contributed by atoms with E-state index < -0.39 is 0 Å². The van der Waals surface area contributed by atoms with E-state index in [0.717, 1.165) is 18.8 Å². The number of hydrogen-bond acceptors (Lipinski definition) is 1. The van der Waals surface area contributed by atoms with Crippen molar-refractivity contribution < 1.29 is 19.4 Å². The first kappa shape index (κ1) is 19.8. The standard InChI is InChI=1S/C11H18N2.C6H11Cl2N.Pt/c1-12-7-8-13(10-12)9-11-5-3-2-4-6-11;7-9(8)6-4-2-1-3-5-6;/h7-8,11H,2-6,9H2,1H3;6H,1-5H2;. The van der Waals surface area contributed by atoms with Crippen LogP contribution in [0, 0.1) is 9.72 Å². The molecule has 2 saturated carbocycles. The fourth-order valence-corrected chi connectivity index (χ4v) is 4.49. The Hall–Kier alpha value is 0.438. The number of halogens is 2. The predicted molar refractivity (Wildman–Crippen MR) is 93.6 cm³/mol. The van der Waals surface area contributed by atoms with Gasteiger partial charge in [-0.05, 0) is 36.4 Å². The average Bonchev–Trinajstić information content (AvgIpc) is 2.89. The molecule has 0 amide bonds. The van der Waals surface area contributed by atoms with Crippen molar-refractivity contribution in [1.82, 2.24) is 13.1 Å². The fraction of sp³-hybridized carbons (Fsp3) is 0.824. The summed E-state index contributed by atoms with van der Waals surface area (Å²) in [6, 6.07) is 0.419. The van der Waals surface area contributed by atoms with Crippen molar-refractivity contribution in [2.45, 2.75) is 76.8 Å². The summed E-state index contributed by atoms with van der Waals surface area (Å²) in [6.07, 6.45) is 17.8. The zero-order valence-electron chi connectivity index (χ0n) is 14.0. The van der Waals surface area contributed by atoms with E-state index in [1.165, 1.54) is 65.7 Å². The van der Waals surface area contributed by atoms with Gasteiger partial charge in [0, 0.05) is 6.04 Å². The van der Waals surface area contributed by atoms with Crippen LogP contribution in [0.25, 0.3) is 0 Å². The summed E-state index contributed by atoms with van der Waals surface area (Å²) in [7, 11) is 2.11. The van der Waals surface area contributed by atoms with Gasteiger partial charge in [-0.25, -0.2) is 0 Å². The Kier molecular flexibility index (Phi) is 8.96. The molecule has 0 aromatic carbocycles. The van der Waals surface area contributed by atoms with Crippen LogP contribution in [0.15, 0.2) is 12.4 Å². The van der Waals surface area contributed by atoms with Crippen LogP contribution in [0.3, 0.4) is 0 Å². The molecule has 0 saturated heterocycles. The number of hydrogen-bond donors (Lipinski definition) is 0. The van der Waals surface area contributed by atoms with E-state index >= 15 is 0 Å². The van der Waals surface area contributed by atoms with E-state index in [2.05, 4.69) is 47.9 Å². The molecular weight excluding hydrogens is 512 g/mol. The van der Waals surface area contributed by atoms with Gasteiger partial charge in [0.1, 0.15) is 0 Å². The summed E-state index contributed by atoms with van der Waals surface area (Å²) >= 11 is 13.5. The molecule has 6 heteroatoms. The molecule has 1 aromatic heterocycles. The molecule has 0 aliphatic heterocycles. The second-order valence-electron chi connectivity index (χ2n) is 6.86. The summed E-state index contributed by atoms with van der Waals surface area (Å²) in [5, 5.41) is 0. The monoisotopic (exact) mass is 540 g/mol. The van der Waals surface area contributed by atoms with Gasteiger partial charge in [0.15, 0.2) is 0 Å². The number of imidazole rings is 1. The van der Waals surface area contributed by atoms with E-state index in [1.54, 1.807) is 0 Å². The molecule has 3 rings (SSSR count). The van der Waals surface area contributed by atoms with Gasteiger partial charge >= 0.3 is 96.3 Å². The maximum absolute atomic E-state index is 5.56. The van der Waals surface area contributed by atoms with Crippen LogP contribution in [0.2, 0.25) is 0 Å². The van der Waals surface area contributed by atoms with Gasteiger partial charge in [-0.1, -0.05) is 19.3 Å². The molecule has 0 bridgehead atoms. The molecule has 1 aromatic rings. The van der Waals surface area contributed by atoms with Gasteiger partial charge < -0.3 is 0 Å². The Morgan fingerprint density at radius 1 is 1.00 bits per heavy atom. The molecular formula is C17H29Cl2N3Pt. The third-order valence-electron chi connectivity index (χ3n) is 4.99. The third kappa shape index (κ3) is 6.69. The topological polar surface area (TPSA) is 13.1 Å². The van der Waals surface area contributed by atoms with Gasteiger partial charge in [-0.15, -0.1) is 3.94 Å². The van der Waals surface area contributed by atoms with Crippen LogP contribution in [-0.2, 0) is 32.9 Å². The molecule has 2 aliphatic carbocycles. The molecule has 3 nitrogen and oxygen atoms in total. The van der Waals surface area contributed by atoms with Crippen molar-refractivity contribution in [3.05, 3.63) is 16.2 Å². The van der Waals surface area contributed by atoms with E-state index in [0.29, 0.717) is 6.04 Å². The molecule has 136 valence electrons. The molecule has 23 heavy (non-hydrogen) atoms. The Morgan fingerprint density at radius 3 is 2.00 bits per heavy atom. The van der Waals surface area contributed by atoms with Crippen LogP contribution in [0.5, 0.6) is 0 Å². The van der Waals surface area contributed by atoms with E-state index in [-0.39, 0.29) is 0 Å². The maximum atomic E-state index is 5.56. The fourth-order valence-electron chi connectivity index (χ4n) is 3.55. The third-order valence-corrected chi connectivity index (χ3v) is 7.00. The number of nitrogens with zero attached hydrogens (tertiary/aromatic N) is 3. The summed E-state index contributed by atoms with van der Waals surface area (Å²) < 4.78 is 7.22. The molecule has 1 heterocycles. The predicted octanol–water partition coefficient (Wildman–Crippen LogP) is 5.41. The molecule has 2 aliphatic rings. The summed E-state index contributed by atoms with van der Waals surface area (Å²) in [5.41, 5.74) is 0. The van der Waals surface area contributed by atoms with Gasteiger partial charge in [0.05, 0.1) is 0 Å². The second-order valence-corrected chi connectivity index (χ2v) is 8.78. The van der Waals surface area contributed by atoms with Gasteiger partial charge in [0.2, 0.25) is 0 Å². The van der Waals surface area contributed by atoms with Crippen LogP contribution >= 0.6 is 23.6 Å². The van der Waals surface area contributed by atoms with Crippen LogP contribution in [-0.4, -0.2) is 19.1 Å². The SMILES string of the molecule is ClN(Cl)C1CCCCC1.Cn1ccn(CC2CCCCC2)[c]1=[Pt]. The Bertz CT molecular complexity index is 500. The van der Waals surface area contributed by atoms with Crippen molar-refractivity contribution >= 4 is 23.6 Å². The van der Waals surface area contributed by atoms with Crippen molar-refractivity contribution in [3.8, 4) is 0 Å². The van der Waals surface area contributed by atoms with Crippen LogP contribution < -0.4 is 0 Å². The first-order chi connectivity index (χ1) is 11.1. The Labute approximate surface area is 161 Å². The molecule has 0 unspecified atom stereocenters. The van der Waals surface area contributed by atoms with Crippen molar-refractivity contribution in [3.63, 3.8) is 0 Å². The minimum absolute atomic E-state index is 0.419. The number of rotatable bonds is 3. The molecule has 2 fully saturated rings. The summed E-state index contributed by atoms with van der Waals surface area (Å²) in [5.74, 6) is 0.921. The minimum atomic E-state index is 0.419. The van der Waals surface area contributed by atoms with E-state index in [9.17, 15) is 0 Å². The van der Waals surface area contributed by atoms with E-state index in [4.69, 9.17) is 23.6 Å². The first-order valence-electron chi connectivity index (χ1n) is 8.86. The van der Waals surface area contributed by atoms with Crippen molar-refractivity contribution in [1.29, 1.82) is 0 Å². The molecule has 0 atom stereocenters. The zero-order chi connectivity index (χ0) is 16.7. The second kappa shape index (κ2) is 10.4.